The largest absolute Gasteiger partial charge is 0.352 e. The average molecular weight is 316 g/mol. The van der Waals surface area contributed by atoms with Gasteiger partial charge in [-0.25, -0.2) is 0 Å². The van der Waals surface area contributed by atoms with Crippen LogP contribution in [0.4, 0.5) is 0 Å². The fourth-order valence-corrected chi connectivity index (χ4v) is 2.67. The Morgan fingerprint density at radius 1 is 1.12 bits per heavy atom. The third-order valence-corrected chi connectivity index (χ3v) is 3.75. The zero-order valence-corrected chi connectivity index (χ0v) is 11.9. The molecule has 2 aromatic rings. The Kier molecular flexibility index (Phi) is 4.05. The topological polar surface area (TPSA) is 18.5 Å². The molecule has 0 saturated carbocycles. The molecule has 0 aliphatic carbocycles. The summed E-state index contributed by atoms with van der Waals surface area (Å²) in [5.41, 5.74) is 0.963. The van der Waals surface area contributed by atoms with Crippen LogP contribution in [0.2, 0.25) is 5.02 Å². The van der Waals surface area contributed by atoms with Gasteiger partial charge in [-0.15, -0.1) is 0 Å². The molecule has 0 radical (unpaired) electrons. The molecule has 0 bridgehead atoms. The summed E-state index contributed by atoms with van der Waals surface area (Å²) in [7, 11) is 3.24. The molecule has 0 spiro atoms. The summed E-state index contributed by atoms with van der Waals surface area (Å²) >= 11 is 9.55. The second-order valence-electron chi connectivity index (χ2n) is 3.64. The van der Waals surface area contributed by atoms with Crippen molar-refractivity contribution in [1.82, 2.24) is 0 Å². The molecule has 0 N–H and O–H groups in total. The van der Waals surface area contributed by atoms with Crippen molar-refractivity contribution < 1.29 is 9.47 Å². The number of methoxy groups -OCH3 is 2. The molecule has 0 amide bonds. The lowest BCUT2D eigenvalue weighted by Gasteiger charge is -2.16. The van der Waals surface area contributed by atoms with Crippen LogP contribution in [0.15, 0.2) is 34.8 Å². The number of fused-ring (bicyclic) bond motifs is 1. The molecule has 0 aromatic heterocycles. The van der Waals surface area contributed by atoms with E-state index < -0.39 is 0 Å². The first-order valence-electron chi connectivity index (χ1n) is 5.10. The van der Waals surface area contributed by atoms with Gasteiger partial charge in [0.2, 0.25) is 0 Å². The molecule has 0 aliphatic heterocycles. The van der Waals surface area contributed by atoms with Gasteiger partial charge in [0.15, 0.2) is 6.29 Å². The van der Waals surface area contributed by atoms with Gasteiger partial charge in [0, 0.05) is 29.3 Å². The first-order chi connectivity index (χ1) is 8.17. The third-order valence-electron chi connectivity index (χ3n) is 2.63. The van der Waals surface area contributed by atoms with Crippen LogP contribution in [0.25, 0.3) is 10.8 Å². The summed E-state index contributed by atoms with van der Waals surface area (Å²) < 4.78 is 11.5. The van der Waals surface area contributed by atoms with Crippen LogP contribution in [0.5, 0.6) is 0 Å². The molecule has 0 fully saturated rings. The van der Waals surface area contributed by atoms with Gasteiger partial charge in [-0.05, 0) is 38.8 Å². The predicted octanol–water partition coefficient (Wildman–Crippen LogP) is 4.55. The molecule has 2 rings (SSSR count). The monoisotopic (exact) mass is 314 g/mol. The van der Waals surface area contributed by atoms with Gasteiger partial charge in [0.05, 0.1) is 0 Å². The van der Waals surface area contributed by atoms with Crippen LogP contribution < -0.4 is 0 Å². The summed E-state index contributed by atoms with van der Waals surface area (Å²) in [4.78, 5) is 0. The summed E-state index contributed by atoms with van der Waals surface area (Å²) in [6, 6.07) is 9.76. The van der Waals surface area contributed by atoms with Crippen molar-refractivity contribution in [3.63, 3.8) is 0 Å². The van der Waals surface area contributed by atoms with Crippen molar-refractivity contribution >= 4 is 38.3 Å². The molecular formula is C13H12BrClO2. The minimum Gasteiger partial charge on any atom is -0.352 e. The third kappa shape index (κ3) is 2.47. The summed E-state index contributed by atoms with van der Waals surface area (Å²) in [6.07, 6.45) is -0.371. The zero-order chi connectivity index (χ0) is 12.4. The van der Waals surface area contributed by atoms with Gasteiger partial charge in [0.1, 0.15) is 0 Å². The molecule has 2 nitrogen and oxygen atoms in total. The van der Waals surface area contributed by atoms with E-state index in [1.165, 1.54) is 0 Å². The fraction of sp³-hybridized carbons (Fsp3) is 0.231. The summed E-state index contributed by atoms with van der Waals surface area (Å²) in [5, 5.41) is 2.90. The molecule has 4 heteroatoms. The van der Waals surface area contributed by atoms with Crippen LogP contribution in [-0.4, -0.2) is 14.2 Å². The minimum atomic E-state index is -0.371. The van der Waals surface area contributed by atoms with Crippen LogP contribution in [0, 0.1) is 0 Å². The molecule has 0 heterocycles. The summed E-state index contributed by atoms with van der Waals surface area (Å²) in [6.45, 7) is 0. The first-order valence-corrected chi connectivity index (χ1v) is 6.27. The van der Waals surface area contributed by atoms with Gasteiger partial charge in [-0.1, -0.05) is 29.8 Å². The van der Waals surface area contributed by atoms with E-state index in [-0.39, 0.29) is 6.29 Å². The molecule has 90 valence electrons. The molecule has 0 saturated heterocycles. The van der Waals surface area contributed by atoms with Crippen LogP contribution in [0.3, 0.4) is 0 Å². The van der Waals surface area contributed by atoms with Gasteiger partial charge in [0.25, 0.3) is 0 Å². The van der Waals surface area contributed by atoms with Crippen molar-refractivity contribution in [2.24, 2.45) is 0 Å². The van der Waals surface area contributed by atoms with Crippen LogP contribution in [0.1, 0.15) is 11.9 Å². The number of hydrogen-bond donors (Lipinski definition) is 0. The smallest absolute Gasteiger partial charge is 0.184 e. The highest BCUT2D eigenvalue weighted by molar-refractivity contribution is 9.10. The number of ether oxygens (including phenoxy) is 2. The number of benzene rings is 2. The molecular weight excluding hydrogens is 303 g/mol. The number of halogens is 2. The summed E-state index contributed by atoms with van der Waals surface area (Å²) in [5.74, 6) is 0. The number of rotatable bonds is 3. The Morgan fingerprint density at radius 3 is 2.47 bits per heavy atom. The van der Waals surface area contributed by atoms with E-state index in [0.29, 0.717) is 0 Å². The number of hydrogen-bond acceptors (Lipinski definition) is 2. The van der Waals surface area contributed by atoms with E-state index in [4.69, 9.17) is 21.1 Å². The maximum absolute atomic E-state index is 5.96. The quantitative estimate of drug-likeness (QED) is 0.774. The van der Waals surface area contributed by atoms with Crippen molar-refractivity contribution in [1.29, 1.82) is 0 Å². The highest BCUT2D eigenvalue weighted by Gasteiger charge is 2.14. The zero-order valence-electron chi connectivity index (χ0n) is 9.54. The minimum absolute atomic E-state index is 0.371. The maximum Gasteiger partial charge on any atom is 0.184 e. The van der Waals surface area contributed by atoms with Crippen molar-refractivity contribution in [2.75, 3.05) is 14.2 Å². The van der Waals surface area contributed by atoms with Crippen LogP contribution in [-0.2, 0) is 9.47 Å². The Morgan fingerprint density at radius 2 is 1.82 bits per heavy atom. The SMILES string of the molecule is COC(OC)c1ccc2cc(Cl)ccc2c1Br. The van der Waals surface area contributed by atoms with E-state index in [9.17, 15) is 0 Å². The van der Waals surface area contributed by atoms with E-state index in [0.717, 1.165) is 25.8 Å². The second-order valence-corrected chi connectivity index (χ2v) is 4.87. The molecule has 17 heavy (non-hydrogen) atoms. The Hall–Kier alpha value is -0.610. The standard InChI is InChI=1S/C13H12BrClO2/c1-16-13(17-2)11-5-3-8-7-9(15)4-6-10(8)12(11)14/h3-7,13H,1-2H3. The van der Waals surface area contributed by atoms with E-state index in [1.807, 2.05) is 30.3 Å². The molecule has 0 aliphatic rings. The Bertz CT molecular complexity index is 538. The van der Waals surface area contributed by atoms with E-state index >= 15 is 0 Å². The predicted molar refractivity (Wildman–Crippen MR) is 73.4 cm³/mol. The van der Waals surface area contributed by atoms with Crippen molar-refractivity contribution in [3.05, 3.63) is 45.4 Å². The van der Waals surface area contributed by atoms with Crippen molar-refractivity contribution in [2.45, 2.75) is 6.29 Å². The van der Waals surface area contributed by atoms with Gasteiger partial charge < -0.3 is 9.47 Å². The molecule has 0 unspecified atom stereocenters. The second kappa shape index (κ2) is 5.36. The lowest BCUT2D eigenvalue weighted by atomic mass is 10.1. The lowest BCUT2D eigenvalue weighted by molar-refractivity contribution is -0.106. The highest BCUT2D eigenvalue weighted by atomic mass is 79.9. The van der Waals surface area contributed by atoms with E-state index in [2.05, 4.69) is 15.9 Å². The lowest BCUT2D eigenvalue weighted by Crippen LogP contribution is -2.04. The first kappa shape index (κ1) is 12.8. The highest BCUT2D eigenvalue weighted by Crippen LogP contribution is 2.34. The van der Waals surface area contributed by atoms with Gasteiger partial charge in [-0.2, -0.15) is 0 Å². The van der Waals surface area contributed by atoms with E-state index in [1.54, 1.807) is 14.2 Å². The van der Waals surface area contributed by atoms with Crippen LogP contribution >= 0.6 is 27.5 Å². The van der Waals surface area contributed by atoms with Gasteiger partial charge >= 0.3 is 0 Å². The normalized spacial score (nSPS) is 11.4. The van der Waals surface area contributed by atoms with Crippen molar-refractivity contribution in [3.8, 4) is 0 Å². The molecule has 2 aromatic carbocycles. The maximum atomic E-state index is 5.96. The Labute approximate surface area is 114 Å². The fourth-order valence-electron chi connectivity index (χ4n) is 1.81. The Balaban J connectivity index is 2.61. The average Bonchev–Trinajstić information content (AvgIpc) is 2.33. The van der Waals surface area contributed by atoms with Gasteiger partial charge in [-0.3, -0.25) is 0 Å². The molecule has 0 atom stereocenters.